The Bertz CT molecular complexity index is 715. The van der Waals surface area contributed by atoms with Gasteiger partial charge >= 0.3 is 0 Å². The number of ether oxygens (including phenoxy) is 1. The zero-order valence-corrected chi connectivity index (χ0v) is 11.3. The molecule has 20 heavy (non-hydrogen) atoms. The molecule has 3 aromatic rings. The lowest BCUT2D eigenvalue weighted by Crippen LogP contribution is -1.90. The van der Waals surface area contributed by atoms with Gasteiger partial charge in [-0.1, -0.05) is 42.5 Å². The van der Waals surface area contributed by atoms with E-state index in [-0.39, 0.29) is 0 Å². The van der Waals surface area contributed by atoms with Crippen LogP contribution in [-0.4, -0.2) is 5.11 Å². The van der Waals surface area contributed by atoms with Crippen LogP contribution in [0.5, 0.6) is 11.5 Å². The molecule has 0 aliphatic carbocycles. The molecule has 2 nitrogen and oxygen atoms in total. The van der Waals surface area contributed by atoms with Gasteiger partial charge in [-0.05, 0) is 47.5 Å². The molecule has 0 radical (unpaired) electrons. The Kier molecular flexibility index (Phi) is 3.40. The van der Waals surface area contributed by atoms with Crippen molar-refractivity contribution in [3.05, 3.63) is 72.3 Å². The molecule has 0 unspecified atom stereocenters. The lowest BCUT2D eigenvalue weighted by Gasteiger charge is -2.09. The second-order valence-electron chi connectivity index (χ2n) is 4.86. The fourth-order valence-electron chi connectivity index (χ4n) is 2.18. The molecule has 2 heteroatoms. The van der Waals surface area contributed by atoms with Gasteiger partial charge in [0, 0.05) is 0 Å². The van der Waals surface area contributed by atoms with E-state index in [1.807, 2.05) is 48.5 Å². The van der Waals surface area contributed by atoms with E-state index in [9.17, 15) is 5.11 Å². The largest absolute Gasteiger partial charge is 0.457 e. The number of fused-ring (bicyclic) bond motifs is 1. The summed E-state index contributed by atoms with van der Waals surface area (Å²) >= 11 is 0. The summed E-state index contributed by atoms with van der Waals surface area (Å²) in [6.07, 6.45) is -0.454. The van der Waals surface area contributed by atoms with Gasteiger partial charge < -0.3 is 9.84 Å². The molecule has 0 fully saturated rings. The molecule has 3 rings (SSSR count). The number of benzene rings is 3. The van der Waals surface area contributed by atoms with Crippen molar-refractivity contribution in [1.29, 1.82) is 0 Å². The zero-order valence-electron chi connectivity index (χ0n) is 11.3. The van der Waals surface area contributed by atoms with Crippen molar-refractivity contribution >= 4 is 10.8 Å². The fourth-order valence-corrected chi connectivity index (χ4v) is 2.18. The van der Waals surface area contributed by atoms with Crippen LogP contribution in [-0.2, 0) is 0 Å². The first-order valence-corrected chi connectivity index (χ1v) is 6.67. The second kappa shape index (κ2) is 5.35. The van der Waals surface area contributed by atoms with Gasteiger partial charge in [0.15, 0.2) is 0 Å². The average Bonchev–Trinajstić information content (AvgIpc) is 2.48. The lowest BCUT2D eigenvalue weighted by molar-refractivity contribution is 0.199. The highest BCUT2D eigenvalue weighted by Gasteiger charge is 2.02. The van der Waals surface area contributed by atoms with Gasteiger partial charge in [-0.15, -0.1) is 0 Å². The summed E-state index contributed by atoms with van der Waals surface area (Å²) in [6.45, 7) is 1.75. The normalized spacial score (nSPS) is 12.3. The highest BCUT2D eigenvalue weighted by atomic mass is 16.5. The maximum Gasteiger partial charge on any atom is 0.128 e. The summed E-state index contributed by atoms with van der Waals surface area (Å²) in [5.41, 5.74) is 0.885. The molecule has 0 amide bonds. The minimum Gasteiger partial charge on any atom is -0.457 e. The Hall–Kier alpha value is -2.32. The first-order valence-electron chi connectivity index (χ1n) is 6.67. The molecule has 0 aliphatic rings. The number of rotatable bonds is 3. The Balaban J connectivity index is 1.85. The van der Waals surface area contributed by atoms with Crippen LogP contribution >= 0.6 is 0 Å². The molecule has 0 bridgehead atoms. The smallest absolute Gasteiger partial charge is 0.128 e. The van der Waals surface area contributed by atoms with Crippen LogP contribution in [0.4, 0.5) is 0 Å². The van der Waals surface area contributed by atoms with E-state index in [2.05, 4.69) is 18.2 Å². The van der Waals surface area contributed by atoms with E-state index in [1.165, 1.54) is 5.39 Å². The van der Waals surface area contributed by atoms with Gasteiger partial charge in [-0.25, -0.2) is 0 Å². The van der Waals surface area contributed by atoms with Crippen molar-refractivity contribution in [2.24, 2.45) is 0 Å². The minimum atomic E-state index is -0.454. The van der Waals surface area contributed by atoms with Gasteiger partial charge in [-0.2, -0.15) is 0 Å². The van der Waals surface area contributed by atoms with E-state index in [1.54, 1.807) is 6.92 Å². The van der Waals surface area contributed by atoms with Crippen molar-refractivity contribution in [2.45, 2.75) is 13.0 Å². The highest BCUT2D eigenvalue weighted by molar-refractivity contribution is 5.83. The second-order valence-corrected chi connectivity index (χ2v) is 4.86. The van der Waals surface area contributed by atoms with Gasteiger partial charge in [-0.3, -0.25) is 0 Å². The monoisotopic (exact) mass is 264 g/mol. The van der Waals surface area contributed by atoms with Crippen LogP contribution in [0.3, 0.4) is 0 Å². The van der Waals surface area contributed by atoms with Gasteiger partial charge in [0.1, 0.15) is 11.5 Å². The molecule has 1 atom stereocenters. The van der Waals surface area contributed by atoms with Gasteiger partial charge in [0.25, 0.3) is 0 Å². The van der Waals surface area contributed by atoms with Crippen LogP contribution in [0.15, 0.2) is 66.7 Å². The summed E-state index contributed by atoms with van der Waals surface area (Å²) in [4.78, 5) is 0. The van der Waals surface area contributed by atoms with Crippen LogP contribution in [0, 0.1) is 0 Å². The molecule has 0 aliphatic heterocycles. The average molecular weight is 264 g/mol. The molecular weight excluding hydrogens is 248 g/mol. The van der Waals surface area contributed by atoms with E-state index in [0.29, 0.717) is 0 Å². The molecule has 0 saturated heterocycles. The highest BCUT2D eigenvalue weighted by Crippen LogP contribution is 2.26. The molecule has 0 heterocycles. The van der Waals surface area contributed by atoms with E-state index < -0.39 is 6.10 Å². The quantitative estimate of drug-likeness (QED) is 0.744. The van der Waals surface area contributed by atoms with Crippen LogP contribution in [0.25, 0.3) is 10.8 Å². The topological polar surface area (TPSA) is 29.5 Å². The Morgan fingerprint density at radius 3 is 2.15 bits per heavy atom. The van der Waals surface area contributed by atoms with Crippen molar-refractivity contribution < 1.29 is 9.84 Å². The molecular formula is C18H16O2. The Labute approximate surface area is 118 Å². The lowest BCUT2D eigenvalue weighted by atomic mass is 10.1. The molecule has 100 valence electrons. The van der Waals surface area contributed by atoms with Crippen molar-refractivity contribution in [3.8, 4) is 11.5 Å². The molecule has 3 aromatic carbocycles. The fraction of sp³-hybridized carbons (Fsp3) is 0.111. The number of aliphatic hydroxyl groups excluding tert-OH is 1. The number of aliphatic hydroxyl groups is 1. The molecule has 0 spiro atoms. The number of hydrogen-bond acceptors (Lipinski definition) is 2. The molecule has 0 aromatic heterocycles. The van der Waals surface area contributed by atoms with Crippen molar-refractivity contribution in [2.75, 3.05) is 0 Å². The van der Waals surface area contributed by atoms with Crippen LogP contribution in [0.2, 0.25) is 0 Å². The Morgan fingerprint density at radius 1 is 0.800 bits per heavy atom. The van der Waals surface area contributed by atoms with E-state index in [4.69, 9.17) is 4.74 Å². The third kappa shape index (κ3) is 2.65. The third-order valence-corrected chi connectivity index (χ3v) is 3.32. The zero-order chi connectivity index (χ0) is 13.9. The summed E-state index contributed by atoms with van der Waals surface area (Å²) in [6, 6.07) is 21.7. The van der Waals surface area contributed by atoms with E-state index in [0.717, 1.165) is 22.4 Å². The van der Waals surface area contributed by atoms with Crippen molar-refractivity contribution in [3.63, 3.8) is 0 Å². The maximum atomic E-state index is 9.48. The summed E-state index contributed by atoms with van der Waals surface area (Å²) in [5, 5.41) is 11.8. The summed E-state index contributed by atoms with van der Waals surface area (Å²) < 4.78 is 5.84. The summed E-state index contributed by atoms with van der Waals surface area (Å²) in [5.74, 6) is 1.58. The first kappa shape index (κ1) is 12.7. The maximum absolute atomic E-state index is 9.48. The van der Waals surface area contributed by atoms with E-state index >= 15 is 0 Å². The summed E-state index contributed by atoms with van der Waals surface area (Å²) in [7, 11) is 0. The SMILES string of the molecule is C[C@H](O)c1ccc(Oc2ccc3ccccc3c2)cc1. The standard InChI is InChI=1S/C18H16O2/c1-13(19)14-6-9-17(10-7-14)20-18-11-8-15-4-2-3-5-16(15)12-18/h2-13,19H,1H3/t13-/m0/s1. The van der Waals surface area contributed by atoms with Gasteiger partial charge in [0.05, 0.1) is 6.10 Å². The van der Waals surface area contributed by atoms with Crippen LogP contribution < -0.4 is 4.74 Å². The third-order valence-electron chi connectivity index (χ3n) is 3.32. The predicted molar refractivity (Wildman–Crippen MR) is 81.1 cm³/mol. The predicted octanol–water partition coefficient (Wildman–Crippen LogP) is 4.69. The van der Waals surface area contributed by atoms with Gasteiger partial charge in [0.2, 0.25) is 0 Å². The molecule has 0 saturated carbocycles. The minimum absolute atomic E-state index is 0.454. The Morgan fingerprint density at radius 2 is 1.45 bits per heavy atom. The first-order chi connectivity index (χ1) is 9.72. The van der Waals surface area contributed by atoms with Crippen LogP contribution in [0.1, 0.15) is 18.6 Å². The molecule has 1 N–H and O–H groups in total. The van der Waals surface area contributed by atoms with Crippen molar-refractivity contribution in [1.82, 2.24) is 0 Å². The number of hydrogen-bond donors (Lipinski definition) is 1.